The van der Waals surface area contributed by atoms with Crippen molar-refractivity contribution in [1.29, 1.82) is 0 Å². The van der Waals surface area contributed by atoms with Crippen molar-refractivity contribution in [3.8, 4) is 0 Å². The molecule has 1 unspecified atom stereocenters. The van der Waals surface area contributed by atoms with Crippen LogP contribution in [0.3, 0.4) is 0 Å². The molecule has 0 aliphatic heterocycles. The second-order valence-corrected chi connectivity index (χ2v) is 5.83. The molecule has 1 fully saturated rings. The number of benzene rings is 1. The summed E-state index contributed by atoms with van der Waals surface area (Å²) in [6, 6.07) is 9.20. The molecular weight excluding hydrogens is 248 g/mol. The van der Waals surface area contributed by atoms with Gasteiger partial charge in [0, 0.05) is 32.8 Å². The monoisotopic (exact) mass is 276 g/mol. The molecule has 0 spiro atoms. The van der Waals surface area contributed by atoms with E-state index in [0.29, 0.717) is 12.6 Å². The molecule has 1 saturated carbocycles. The molecule has 1 aromatic carbocycles. The molecule has 0 amide bonds. The Bertz CT molecular complexity index is 404. The summed E-state index contributed by atoms with van der Waals surface area (Å²) in [6.07, 6.45) is 3.86. The summed E-state index contributed by atoms with van der Waals surface area (Å²) in [5.41, 5.74) is 8.49. The van der Waals surface area contributed by atoms with Crippen LogP contribution in [0.2, 0.25) is 0 Å². The predicted molar refractivity (Wildman–Crippen MR) is 83.7 cm³/mol. The number of hydrogen-bond donors (Lipinski definition) is 1. The Kier molecular flexibility index (Phi) is 6.02. The van der Waals surface area contributed by atoms with Crippen molar-refractivity contribution < 1.29 is 4.74 Å². The van der Waals surface area contributed by atoms with E-state index >= 15 is 0 Å². The first-order chi connectivity index (χ1) is 9.76. The van der Waals surface area contributed by atoms with Gasteiger partial charge in [-0.3, -0.25) is 4.90 Å². The first-order valence-electron chi connectivity index (χ1n) is 7.76. The molecule has 0 heterocycles. The SMILES string of the molecule is COCCN(CCc1ccccc1CN)C(C)C1CC1. The average molecular weight is 276 g/mol. The van der Waals surface area contributed by atoms with Gasteiger partial charge in [0.25, 0.3) is 0 Å². The third kappa shape index (κ3) is 4.30. The third-order valence-electron chi connectivity index (χ3n) is 4.47. The Balaban J connectivity index is 1.92. The fraction of sp³-hybridized carbons (Fsp3) is 0.647. The van der Waals surface area contributed by atoms with Gasteiger partial charge in [0.2, 0.25) is 0 Å². The van der Waals surface area contributed by atoms with E-state index in [9.17, 15) is 0 Å². The van der Waals surface area contributed by atoms with Crippen LogP contribution in [0, 0.1) is 5.92 Å². The van der Waals surface area contributed by atoms with Gasteiger partial charge in [-0.15, -0.1) is 0 Å². The van der Waals surface area contributed by atoms with Crippen molar-refractivity contribution in [2.75, 3.05) is 26.8 Å². The molecule has 2 N–H and O–H groups in total. The third-order valence-corrected chi connectivity index (χ3v) is 4.47. The fourth-order valence-electron chi connectivity index (χ4n) is 2.87. The Morgan fingerprint density at radius 2 is 1.95 bits per heavy atom. The normalized spacial score (nSPS) is 16.6. The second kappa shape index (κ2) is 7.77. The maximum absolute atomic E-state index is 5.82. The fourth-order valence-corrected chi connectivity index (χ4v) is 2.87. The number of nitrogens with two attached hydrogens (primary N) is 1. The Labute approximate surface area is 123 Å². The molecular formula is C17H28N2O. The molecule has 1 aliphatic carbocycles. The van der Waals surface area contributed by atoms with Crippen molar-refractivity contribution in [2.24, 2.45) is 11.7 Å². The van der Waals surface area contributed by atoms with Gasteiger partial charge >= 0.3 is 0 Å². The summed E-state index contributed by atoms with van der Waals surface area (Å²) < 4.78 is 5.26. The van der Waals surface area contributed by atoms with Gasteiger partial charge in [-0.05, 0) is 43.2 Å². The zero-order valence-corrected chi connectivity index (χ0v) is 12.8. The summed E-state index contributed by atoms with van der Waals surface area (Å²) in [5.74, 6) is 0.900. The van der Waals surface area contributed by atoms with Crippen LogP contribution in [0.25, 0.3) is 0 Å². The minimum atomic E-state index is 0.631. The van der Waals surface area contributed by atoms with E-state index in [-0.39, 0.29) is 0 Å². The molecule has 1 aliphatic rings. The van der Waals surface area contributed by atoms with Crippen molar-refractivity contribution >= 4 is 0 Å². The smallest absolute Gasteiger partial charge is 0.0589 e. The van der Waals surface area contributed by atoms with Gasteiger partial charge in [0.15, 0.2) is 0 Å². The van der Waals surface area contributed by atoms with E-state index in [0.717, 1.165) is 32.0 Å². The second-order valence-electron chi connectivity index (χ2n) is 5.83. The Morgan fingerprint density at radius 1 is 1.25 bits per heavy atom. The van der Waals surface area contributed by atoms with E-state index in [1.54, 1.807) is 7.11 Å². The predicted octanol–water partition coefficient (Wildman–Crippen LogP) is 2.43. The molecule has 0 bridgehead atoms. The molecule has 112 valence electrons. The number of ether oxygens (including phenoxy) is 1. The summed E-state index contributed by atoms with van der Waals surface area (Å²) in [5, 5.41) is 0. The molecule has 1 aromatic rings. The van der Waals surface area contributed by atoms with E-state index in [4.69, 9.17) is 10.5 Å². The van der Waals surface area contributed by atoms with Gasteiger partial charge in [0.1, 0.15) is 0 Å². The molecule has 1 atom stereocenters. The first-order valence-corrected chi connectivity index (χ1v) is 7.76. The van der Waals surface area contributed by atoms with Crippen LogP contribution in [-0.2, 0) is 17.7 Å². The van der Waals surface area contributed by atoms with Crippen LogP contribution in [0.4, 0.5) is 0 Å². The van der Waals surface area contributed by atoms with Gasteiger partial charge in [-0.2, -0.15) is 0 Å². The maximum atomic E-state index is 5.82. The van der Waals surface area contributed by atoms with Crippen molar-refractivity contribution in [3.63, 3.8) is 0 Å². The van der Waals surface area contributed by atoms with E-state index in [2.05, 4.69) is 36.1 Å². The van der Waals surface area contributed by atoms with Crippen LogP contribution in [0.5, 0.6) is 0 Å². The van der Waals surface area contributed by atoms with Gasteiger partial charge in [-0.25, -0.2) is 0 Å². The minimum absolute atomic E-state index is 0.631. The summed E-state index contributed by atoms with van der Waals surface area (Å²) in [6.45, 7) is 5.93. The quantitative estimate of drug-likeness (QED) is 0.753. The van der Waals surface area contributed by atoms with Gasteiger partial charge in [-0.1, -0.05) is 24.3 Å². The number of nitrogens with zero attached hydrogens (tertiary/aromatic N) is 1. The zero-order valence-electron chi connectivity index (χ0n) is 12.8. The molecule has 0 saturated heterocycles. The largest absolute Gasteiger partial charge is 0.383 e. The summed E-state index contributed by atoms with van der Waals surface area (Å²) in [7, 11) is 1.78. The Morgan fingerprint density at radius 3 is 2.55 bits per heavy atom. The lowest BCUT2D eigenvalue weighted by molar-refractivity contribution is 0.118. The molecule has 0 aromatic heterocycles. The molecule has 3 heteroatoms. The van der Waals surface area contributed by atoms with Crippen molar-refractivity contribution in [1.82, 2.24) is 4.90 Å². The highest BCUT2D eigenvalue weighted by Gasteiger charge is 2.31. The molecule has 20 heavy (non-hydrogen) atoms. The Hall–Kier alpha value is -0.900. The van der Waals surface area contributed by atoms with E-state index in [1.165, 1.54) is 24.0 Å². The van der Waals surface area contributed by atoms with Crippen LogP contribution < -0.4 is 5.73 Å². The van der Waals surface area contributed by atoms with Crippen LogP contribution in [0.15, 0.2) is 24.3 Å². The molecule has 2 rings (SSSR count). The summed E-state index contributed by atoms with van der Waals surface area (Å²) in [4.78, 5) is 2.58. The summed E-state index contributed by atoms with van der Waals surface area (Å²) >= 11 is 0. The van der Waals surface area contributed by atoms with Crippen LogP contribution >= 0.6 is 0 Å². The maximum Gasteiger partial charge on any atom is 0.0589 e. The molecule has 3 nitrogen and oxygen atoms in total. The van der Waals surface area contributed by atoms with Gasteiger partial charge < -0.3 is 10.5 Å². The highest BCUT2D eigenvalue weighted by Crippen LogP contribution is 2.35. The number of rotatable bonds is 9. The minimum Gasteiger partial charge on any atom is -0.383 e. The van der Waals surface area contributed by atoms with Crippen molar-refractivity contribution in [3.05, 3.63) is 35.4 Å². The van der Waals surface area contributed by atoms with Crippen molar-refractivity contribution in [2.45, 2.75) is 38.8 Å². The van der Waals surface area contributed by atoms with E-state index in [1.807, 2.05) is 0 Å². The highest BCUT2D eigenvalue weighted by molar-refractivity contribution is 5.27. The zero-order chi connectivity index (χ0) is 14.4. The molecule has 0 radical (unpaired) electrons. The number of methoxy groups -OCH3 is 1. The number of hydrogen-bond acceptors (Lipinski definition) is 3. The lowest BCUT2D eigenvalue weighted by Gasteiger charge is -2.29. The first kappa shape index (κ1) is 15.5. The highest BCUT2D eigenvalue weighted by atomic mass is 16.5. The topological polar surface area (TPSA) is 38.5 Å². The van der Waals surface area contributed by atoms with Crippen LogP contribution in [0.1, 0.15) is 30.9 Å². The van der Waals surface area contributed by atoms with E-state index < -0.39 is 0 Å². The van der Waals surface area contributed by atoms with Gasteiger partial charge in [0.05, 0.1) is 6.61 Å². The average Bonchev–Trinajstić information content (AvgIpc) is 3.32. The van der Waals surface area contributed by atoms with Crippen LogP contribution in [-0.4, -0.2) is 37.7 Å². The lowest BCUT2D eigenvalue weighted by atomic mass is 10.0. The standard InChI is InChI=1S/C17H28N2O/c1-14(15-7-8-15)19(11-12-20-2)10-9-16-5-3-4-6-17(16)13-18/h3-6,14-15H,7-13,18H2,1-2H3. The lowest BCUT2D eigenvalue weighted by Crippen LogP contribution is -2.38.